The van der Waals surface area contributed by atoms with Gasteiger partial charge in [0, 0.05) is 50.9 Å². The number of aliphatic imine (C=N–C) groups is 1. The Labute approximate surface area is 475 Å². The number of ether oxygens (including phenoxy) is 1. The monoisotopic (exact) mass is 1180 g/mol. The number of pyridine rings is 1. The molecule has 5 atom stereocenters. The Kier molecular flexibility index (Phi) is 16.1. The molecule has 10 bridgehead atoms. The standard InChI is InChI=1S/C50H51N15O8S6/c1-20(2)35-48-61-31(19-78-48)46-57-27(15-75-46)38-23(9-10-24(54-38)45-60-30(18-76-45)43-56-26(14-73-43)50(72)65-11-7-8-32(65)39(51)68)44-58-29(17-74-44)41(70)55-25(12-33(66)52-6)47-64-37(22(5)79-47)42(71)63-36(21(3)4)49-59-28(16-77-49)40(69)53-13-34(67)62-35/h9-10,15-21,25-26,32,35-36H,7-8,11-14H2,1-6H3,(H2,51,68)(H,52,66)(H,53,69)(H,55,70)(H,62,67)(H,63,71)/t25?,26-,32-,35-,36?/m0/s1. The summed E-state index contributed by atoms with van der Waals surface area (Å²) in [7, 11) is 1.48. The maximum Gasteiger partial charge on any atom is 0.271 e. The van der Waals surface area contributed by atoms with Gasteiger partial charge in [0.25, 0.3) is 23.6 Å². The quantitative estimate of drug-likeness (QED) is 0.106. The van der Waals surface area contributed by atoms with Crippen LogP contribution in [0.25, 0.3) is 43.4 Å². The number of carbonyl (C=O) groups excluding carboxylic acids is 7. The van der Waals surface area contributed by atoms with Gasteiger partial charge in [-0.15, -0.1) is 68.0 Å². The SMILES string of the molecule is CNC(=O)CC1NC(=O)c2csc(n2)-c2ccc(-c3nc(C4=N[C@H](C(=O)N5CCC[C@H]5C(N)=O)CO4)cs3)nc2-c2csc(n2)-c2csc(n2)[C@H](C(C)C)NC(=O)CNC(=O)c2csc(n2)C(C(C)C)NC(=O)c2nc1sc2C. The molecule has 1 saturated heterocycles. The Hall–Kier alpha value is -7.31. The highest BCUT2D eigenvalue weighted by Gasteiger charge is 2.39. The first kappa shape index (κ1) is 55.0. The Balaban J connectivity index is 1.00. The van der Waals surface area contributed by atoms with Crippen molar-refractivity contribution in [2.24, 2.45) is 22.6 Å². The Morgan fingerprint density at radius 3 is 2.08 bits per heavy atom. The van der Waals surface area contributed by atoms with Crippen LogP contribution in [0.1, 0.15) is 122 Å². The number of primary amides is 1. The number of rotatable bonds is 8. The van der Waals surface area contributed by atoms with E-state index in [1.54, 1.807) is 29.1 Å². The van der Waals surface area contributed by atoms with Gasteiger partial charge in [0.15, 0.2) is 6.04 Å². The van der Waals surface area contributed by atoms with Crippen molar-refractivity contribution < 1.29 is 38.3 Å². The number of fused-ring (bicyclic) bond motifs is 14. The number of hydrogen-bond donors (Lipinski definition) is 6. The lowest BCUT2D eigenvalue weighted by atomic mass is 10.0. The molecule has 79 heavy (non-hydrogen) atoms. The molecule has 10 heterocycles. The molecule has 1 fully saturated rings. The van der Waals surface area contributed by atoms with Gasteiger partial charge in [-0.25, -0.2) is 39.9 Å². The smallest absolute Gasteiger partial charge is 0.271 e. The van der Waals surface area contributed by atoms with Gasteiger partial charge in [-0.1, -0.05) is 27.7 Å². The van der Waals surface area contributed by atoms with Crippen LogP contribution in [0.2, 0.25) is 0 Å². The Morgan fingerprint density at radius 1 is 0.709 bits per heavy atom. The van der Waals surface area contributed by atoms with E-state index in [-0.39, 0.29) is 66.2 Å². The largest absolute Gasteiger partial charge is 0.473 e. The van der Waals surface area contributed by atoms with Crippen LogP contribution in [-0.4, -0.2) is 126 Å². The van der Waals surface area contributed by atoms with E-state index in [0.29, 0.717) is 88.3 Å². The molecule has 0 spiro atoms. The third-order valence-corrected chi connectivity index (χ3v) is 18.6. The number of thiazole rings is 6. The molecule has 3 aliphatic heterocycles. The highest BCUT2D eigenvalue weighted by Crippen LogP contribution is 2.39. The molecule has 2 unspecified atom stereocenters. The van der Waals surface area contributed by atoms with Gasteiger partial charge in [0.05, 0.1) is 36.8 Å². The first-order chi connectivity index (χ1) is 37.9. The Morgan fingerprint density at radius 2 is 1.34 bits per heavy atom. The lowest BCUT2D eigenvalue weighted by Gasteiger charge is -2.23. The number of nitrogens with one attached hydrogen (secondary N) is 5. The molecule has 23 nitrogen and oxygen atoms in total. The number of nitrogens with zero attached hydrogens (tertiary/aromatic N) is 9. The number of aromatic nitrogens is 7. The van der Waals surface area contributed by atoms with E-state index in [1.807, 2.05) is 44.5 Å². The summed E-state index contributed by atoms with van der Waals surface area (Å²) in [6.07, 6.45) is 0.968. The van der Waals surface area contributed by atoms with Crippen LogP contribution in [-0.2, 0) is 23.9 Å². The molecule has 29 heteroatoms. The van der Waals surface area contributed by atoms with Crippen LogP contribution in [0.4, 0.5) is 0 Å². The zero-order valence-electron chi connectivity index (χ0n) is 43.1. The molecule has 0 radical (unpaired) electrons. The first-order valence-electron chi connectivity index (χ1n) is 24.9. The summed E-state index contributed by atoms with van der Waals surface area (Å²) in [6.45, 7) is 9.50. The highest BCUT2D eigenvalue weighted by molar-refractivity contribution is 7.15. The van der Waals surface area contributed by atoms with Gasteiger partial charge in [-0.05, 0) is 43.7 Å². The predicted octanol–water partition coefficient (Wildman–Crippen LogP) is 5.71. The number of likely N-dealkylation sites (tertiary alicyclic amines) is 1. The van der Waals surface area contributed by atoms with Crippen molar-refractivity contribution in [2.75, 3.05) is 26.7 Å². The topological polar surface area (TPSA) is 321 Å². The van der Waals surface area contributed by atoms with Gasteiger partial charge in [-0.2, -0.15) is 0 Å². The summed E-state index contributed by atoms with van der Waals surface area (Å²) < 4.78 is 5.88. The van der Waals surface area contributed by atoms with Crippen molar-refractivity contribution in [2.45, 2.75) is 84.1 Å². The fraction of sp³-hybridized carbons (Fsp3) is 0.380. The van der Waals surface area contributed by atoms with E-state index >= 15 is 0 Å². The van der Waals surface area contributed by atoms with Crippen molar-refractivity contribution >= 4 is 115 Å². The summed E-state index contributed by atoms with van der Waals surface area (Å²) in [5, 5.41) is 25.8. The summed E-state index contributed by atoms with van der Waals surface area (Å²) in [5.74, 6) is -3.45. The molecule has 10 rings (SSSR count). The number of hydrogen-bond acceptors (Lipinski definition) is 22. The molecule has 7 amide bonds. The van der Waals surface area contributed by atoms with Crippen LogP contribution in [0.3, 0.4) is 0 Å². The highest BCUT2D eigenvalue weighted by atomic mass is 32.1. The van der Waals surface area contributed by atoms with E-state index in [9.17, 15) is 33.6 Å². The summed E-state index contributed by atoms with van der Waals surface area (Å²) in [5.41, 5.74) is 8.67. The first-order valence-corrected chi connectivity index (χ1v) is 30.1. The van der Waals surface area contributed by atoms with Crippen molar-refractivity contribution in [3.8, 4) is 43.4 Å². The second-order valence-corrected chi connectivity index (χ2v) is 24.8. The molecule has 3 aliphatic rings. The van der Waals surface area contributed by atoms with E-state index in [4.69, 9.17) is 35.4 Å². The lowest BCUT2D eigenvalue weighted by Crippen LogP contribution is -2.47. The van der Waals surface area contributed by atoms with E-state index in [2.05, 4.69) is 41.5 Å². The van der Waals surface area contributed by atoms with Crippen LogP contribution in [0.5, 0.6) is 0 Å². The molecular weight excluding hydrogens is 1130 g/mol. The zero-order valence-corrected chi connectivity index (χ0v) is 48.0. The average Bonchev–Trinajstić information content (AvgIpc) is 4.30. The molecule has 7 aromatic heterocycles. The van der Waals surface area contributed by atoms with E-state index < -0.39 is 59.7 Å². The van der Waals surface area contributed by atoms with E-state index in [0.717, 1.165) is 11.3 Å². The van der Waals surface area contributed by atoms with Crippen molar-refractivity contribution in [3.05, 3.63) is 81.7 Å². The predicted molar refractivity (Wildman–Crippen MR) is 300 cm³/mol. The lowest BCUT2D eigenvalue weighted by molar-refractivity contribution is -0.138. The molecule has 0 aliphatic carbocycles. The minimum Gasteiger partial charge on any atom is -0.473 e. The molecular formula is C50H51N15O8S6. The van der Waals surface area contributed by atoms with Gasteiger partial charge in [0.2, 0.25) is 23.6 Å². The van der Waals surface area contributed by atoms with E-state index in [1.165, 1.54) is 68.6 Å². The van der Waals surface area contributed by atoms with Crippen LogP contribution >= 0.6 is 68.0 Å². The second-order valence-electron chi connectivity index (χ2n) is 19.2. The van der Waals surface area contributed by atoms with Crippen molar-refractivity contribution in [1.29, 1.82) is 0 Å². The zero-order chi connectivity index (χ0) is 55.8. The average molecular weight is 1180 g/mol. The molecule has 410 valence electrons. The summed E-state index contributed by atoms with van der Waals surface area (Å²) in [4.78, 5) is 134. The number of amides is 7. The Bertz CT molecular complexity index is 3560. The third kappa shape index (κ3) is 11.7. The van der Waals surface area contributed by atoms with Crippen LogP contribution < -0.4 is 32.3 Å². The number of carbonyl (C=O) groups is 7. The maximum atomic E-state index is 14.2. The minimum atomic E-state index is -0.955. The number of aryl methyl sites for hydroxylation is 1. The molecule has 0 saturated carbocycles. The normalized spacial score (nSPS) is 20.0. The van der Waals surface area contributed by atoms with Crippen molar-refractivity contribution in [1.82, 2.24) is 66.4 Å². The van der Waals surface area contributed by atoms with Crippen LogP contribution in [0, 0.1) is 18.8 Å². The summed E-state index contributed by atoms with van der Waals surface area (Å²) in [6, 6.07) is -0.0326. The van der Waals surface area contributed by atoms with Crippen molar-refractivity contribution in [3.63, 3.8) is 0 Å². The molecule has 0 aromatic carbocycles. The maximum absolute atomic E-state index is 14.2. The number of nitrogens with two attached hydrogens (primary N) is 1. The van der Waals surface area contributed by atoms with Gasteiger partial charge >= 0.3 is 0 Å². The molecule has 7 N–H and O–H groups in total. The van der Waals surface area contributed by atoms with Crippen LogP contribution in [0.15, 0.2) is 44.0 Å². The summed E-state index contributed by atoms with van der Waals surface area (Å²) >= 11 is 7.54. The fourth-order valence-corrected chi connectivity index (χ4v) is 14.3. The molecule has 7 aromatic rings. The van der Waals surface area contributed by atoms with Gasteiger partial charge in [-0.3, -0.25) is 33.6 Å². The van der Waals surface area contributed by atoms with Gasteiger partial charge in [0.1, 0.15) is 82.6 Å². The second kappa shape index (κ2) is 23.2. The minimum absolute atomic E-state index is 0.0141. The van der Waals surface area contributed by atoms with Gasteiger partial charge < -0.3 is 42.0 Å². The third-order valence-electron chi connectivity index (χ3n) is 13.0. The fourth-order valence-electron chi connectivity index (χ4n) is 8.87.